The standard InChI is InChI=1S/C21H19BrF2N2O3/c1-2-28-21(27)26-10-9-16-15-8-5-13(22)11-17(15)25-18(16)19(26)12-3-6-14(7-4-12)29-20(23)24/h3-8,11,19-20,25H,2,9-10H2,1H3. The van der Waals surface area contributed by atoms with Gasteiger partial charge in [0.2, 0.25) is 0 Å². The van der Waals surface area contributed by atoms with Gasteiger partial charge in [-0.1, -0.05) is 34.1 Å². The molecule has 29 heavy (non-hydrogen) atoms. The molecule has 1 unspecified atom stereocenters. The number of aromatic amines is 1. The molecular formula is C21H19BrF2N2O3. The number of carbonyl (C=O) groups is 1. The molecule has 3 aromatic rings. The Morgan fingerprint density at radius 2 is 2.03 bits per heavy atom. The maximum Gasteiger partial charge on any atom is 0.410 e. The highest BCUT2D eigenvalue weighted by atomic mass is 79.9. The van der Waals surface area contributed by atoms with Crippen LogP contribution in [0.5, 0.6) is 5.75 Å². The number of alkyl halides is 2. The highest BCUT2D eigenvalue weighted by Crippen LogP contribution is 2.39. The maximum absolute atomic E-state index is 12.6. The molecule has 1 atom stereocenters. The molecule has 1 amide bonds. The maximum atomic E-state index is 12.6. The lowest BCUT2D eigenvalue weighted by molar-refractivity contribution is -0.0498. The first kappa shape index (κ1) is 19.7. The van der Waals surface area contributed by atoms with Gasteiger partial charge in [-0.05, 0) is 48.7 Å². The van der Waals surface area contributed by atoms with Crippen molar-refractivity contribution in [3.8, 4) is 5.75 Å². The molecule has 1 aliphatic rings. The first-order chi connectivity index (χ1) is 14.0. The number of hydrogen-bond donors (Lipinski definition) is 1. The van der Waals surface area contributed by atoms with Gasteiger partial charge >= 0.3 is 12.7 Å². The van der Waals surface area contributed by atoms with Crippen LogP contribution in [-0.2, 0) is 11.2 Å². The molecule has 0 radical (unpaired) electrons. The number of benzene rings is 2. The molecule has 1 N–H and O–H groups in total. The molecule has 0 bridgehead atoms. The minimum Gasteiger partial charge on any atom is -0.450 e. The monoisotopic (exact) mass is 464 g/mol. The molecule has 0 saturated carbocycles. The van der Waals surface area contributed by atoms with Gasteiger partial charge < -0.3 is 14.5 Å². The van der Waals surface area contributed by atoms with Gasteiger partial charge in [0.15, 0.2) is 0 Å². The second kappa shape index (κ2) is 8.02. The van der Waals surface area contributed by atoms with E-state index in [0.29, 0.717) is 13.0 Å². The first-order valence-electron chi connectivity index (χ1n) is 9.26. The van der Waals surface area contributed by atoms with Crippen LogP contribution in [0.3, 0.4) is 0 Å². The molecule has 8 heteroatoms. The number of nitrogens with zero attached hydrogens (tertiary/aromatic N) is 1. The number of aromatic nitrogens is 1. The van der Waals surface area contributed by atoms with E-state index in [4.69, 9.17) is 4.74 Å². The van der Waals surface area contributed by atoms with Crippen molar-refractivity contribution < 1.29 is 23.0 Å². The van der Waals surface area contributed by atoms with Crippen LogP contribution in [0.4, 0.5) is 13.6 Å². The third kappa shape index (κ3) is 3.81. The van der Waals surface area contributed by atoms with E-state index in [9.17, 15) is 13.6 Å². The first-order valence-corrected chi connectivity index (χ1v) is 10.1. The summed E-state index contributed by atoms with van der Waals surface area (Å²) in [4.78, 5) is 17.7. The van der Waals surface area contributed by atoms with Gasteiger partial charge in [-0.25, -0.2) is 4.79 Å². The van der Waals surface area contributed by atoms with E-state index in [0.717, 1.165) is 32.2 Å². The Balaban J connectivity index is 1.80. The lowest BCUT2D eigenvalue weighted by Crippen LogP contribution is -2.40. The number of rotatable bonds is 4. The lowest BCUT2D eigenvalue weighted by Gasteiger charge is -2.35. The van der Waals surface area contributed by atoms with Crippen molar-refractivity contribution in [2.75, 3.05) is 13.2 Å². The summed E-state index contributed by atoms with van der Waals surface area (Å²) < 4.78 is 35.6. The van der Waals surface area contributed by atoms with Gasteiger partial charge in [0.1, 0.15) is 11.8 Å². The highest BCUT2D eigenvalue weighted by molar-refractivity contribution is 9.10. The average Bonchev–Trinajstić information content (AvgIpc) is 3.05. The van der Waals surface area contributed by atoms with Crippen molar-refractivity contribution >= 4 is 32.9 Å². The van der Waals surface area contributed by atoms with Gasteiger partial charge in [-0.2, -0.15) is 8.78 Å². The number of amides is 1. The molecular weight excluding hydrogens is 446 g/mol. The Morgan fingerprint density at radius 3 is 2.72 bits per heavy atom. The van der Waals surface area contributed by atoms with E-state index in [1.54, 1.807) is 24.0 Å². The smallest absolute Gasteiger partial charge is 0.410 e. The van der Waals surface area contributed by atoms with Crippen molar-refractivity contribution in [1.29, 1.82) is 0 Å². The molecule has 5 nitrogen and oxygen atoms in total. The summed E-state index contributed by atoms with van der Waals surface area (Å²) in [5.41, 5.74) is 3.80. The average molecular weight is 465 g/mol. The van der Waals surface area contributed by atoms with Crippen LogP contribution in [0, 0.1) is 0 Å². The number of halogens is 3. The Kier molecular flexibility index (Phi) is 5.45. The number of H-pyrrole nitrogens is 1. The van der Waals surface area contributed by atoms with Crippen LogP contribution in [0.1, 0.15) is 29.8 Å². The number of nitrogens with one attached hydrogen (secondary N) is 1. The molecule has 1 aliphatic heterocycles. The minimum atomic E-state index is -2.88. The predicted octanol–water partition coefficient (Wildman–Crippen LogP) is 5.64. The van der Waals surface area contributed by atoms with Crippen molar-refractivity contribution in [3.05, 3.63) is 63.8 Å². The summed E-state index contributed by atoms with van der Waals surface area (Å²) in [5.74, 6) is 0.0723. The van der Waals surface area contributed by atoms with Crippen molar-refractivity contribution in [1.82, 2.24) is 9.88 Å². The van der Waals surface area contributed by atoms with Gasteiger partial charge in [-0.15, -0.1) is 0 Å². The summed E-state index contributed by atoms with van der Waals surface area (Å²) in [6.45, 7) is -0.352. The molecule has 1 aromatic heterocycles. The Morgan fingerprint density at radius 1 is 1.28 bits per heavy atom. The van der Waals surface area contributed by atoms with E-state index in [1.165, 1.54) is 12.1 Å². The van der Waals surface area contributed by atoms with Crippen LogP contribution in [-0.4, -0.2) is 35.7 Å². The fraction of sp³-hybridized carbons (Fsp3) is 0.286. The van der Waals surface area contributed by atoms with Crippen LogP contribution in [0.15, 0.2) is 46.9 Å². The molecule has 0 saturated heterocycles. The second-order valence-electron chi connectivity index (χ2n) is 6.70. The summed E-state index contributed by atoms with van der Waals surface area (Å²) >= 11 is 3.49. The van der Waals surface area contributed by atoms with Crippen molar-refractivity contribution in [3.63, 3.8) is 0 Å². The predicted molar refractivity (Wildman–Crippen MR) is 108 cm³/mol. The third-order valence-corrected chi connectivity index (χ3v) is 5.51. The minimum absolute atomic E-state index is 0.0723. The Labute approximate surface area is 174 Å². The summed E-state index contributed by atoms with van der Waals surface area (Å²) in [6.07, 6.45) is 0.287. The van der Waals surface area contributed by atoms with Crippen LogP contribution in [0.25, 0.3) is 10.9 Å². The second-order valence-corrected chi connectivity index (χ2v) is 7.62. The quantitative estimate of drug-likeness (QED) is 0.543. The van der Waals surface area contributed by atoms with E-state index in [-0.39, 0.29) is 12.4 Å². The SMILES string of the molecule is CCOC(=O)N1CCc2c([nH]c3cc(Br)ccc23)C1c1ccc(OC(F)F)cc1. The highest BCUT2D eigenvalue weighted by Gasteiger charge is 2.35. The molecule has 0 aliphatic carbocycles. The van der Waals surface area contributed by atoms with Crippen molar-refractivity contribution in [2.45, 2.75) is 26.0 Å². The number of fused-ring (bicyclic) bond motifs is 3. The zero-order valence-corrected chi connectivity index (χ0v) is 17.2. The molecule has 152 valence electrons. The Bertz CT molecular complexity index is 1040. The molecule has 4 rings (SSSR count). The zero-order chi connectivity index (χ0) is 20.5. The fourth-order valence-corrected chi connectivity index (χ4v) is 4.21. The van der Waals surface area contributed by atoms with Gasteiger partial charge in [-0.3, -0.25) is 4.90 Å². The van der Waals surface area contributed by atoms with E-state index >= 15 is 0 Å². The summed E-state index contributed by atoms with van der Waals surface area (Å²) in [5, 5.41) is 1.11. The number of hydrogen-bond acceptors (Lipinski definition) is 3. The summed E-state index contributed by atoms with van der Waals surface area (Å²) in [7, 11) is 0. The van der Waals surface area contributed by atoms with Crippen LogP contribution in [0.2, 0.25) is 0 Å². The lowest BCUT2D eigenvalue weighted by atomic mass is 9.92. The van der Waals surface area contributed by atoms with Crippen LogP contribution >= 0.6 is 15.9 Å². The van der Waals surface area contributed by atoms with E-state index in [1.807, 2.05) is 18.2 Å². The topological polar surface area (TPSA) is 54.6 Å². The Hall–Kier alpha value is -2.61. The number of carbonyl (C=O) groups excluding carboxylic acids is 1. The van der Waals surface area contributed by atoms with Gasteiger partial charge in [0, 0.05) is 27.6 Å². The van der Waals surface area contributed by atoms with Crippen LogP contribution < -0.4 is 4.74 Å². The normalized spacial score (nSPS) is 16.2. The van der Waals surface area contributed by atoms with Gasteiger partial charge in [0.05, 0.1) is 6.61 Å². The fourth-order valence-electron chi connectivity index (χ4n) is 3.85. The third-order valence-electron chi connectivity index (χ3n) is 5.01. The van der Waals surface area contributed by atoms with E-state index < -0.39 is 18.7 Å². The number of ether oxygens (including phenoxy) is 2. The molecule has 2 heterocycles. The van der Waals surface area contributed by atoms with Gasteiger partial charge in [0.25, 0.3) is 0 Å². The largest absolute Gasteiger partial charge is 0.450 e. The summed E-state index contributed by atoms with van der Waals surface area (Å²) in [6, 6.07) is 12.0. The molecule has 0 spiro atoms. The van der Waals surface area contributed by atoms with Crippen molar-refractivity contribution in [2.24, 2.45) is 0 Å². The molecule has 2 aromatic carbocycles. The zero-order valence-electron chi connectivity index (χ0n) is 15.6. The van der Waals surface area contributed by atoms with E-state index in [2.05, 4.69) is 25.7 Å². The molecule has 0 fully saturated rings.